The summed E-state index contributed by atoms with van der Waals surface area (Å²) in [5.41, 5.74) is 9.39. The predicted molar refractivity (Wildman–Crippen MR) is 141 cm³/mol. The Morgan fingerprint density at radius 2 is 2.13 bits per heavy atom. The van der Waals surface area contributed by atoms with Crippen molar-refractivity contribution in [1.29, 1.82) is 5.26 Å². The van der Waals surface area contributed by atoms with Gasteiger partial charge in [0.15, 0.2) is 5.82 Å². The second kappa shape index (κ2) is 8.43. The first-order valence-corrected chi connectivity index (χ1v) is 13.2. The van der Waals surface area contributed by atoms with Crippen molar-refractivity contribution >= 4 is 37.3 Å². The standard InChI is InChI=1S/C28H23F2N5O2S/c1-14-7-28(5-2-6-35(28)10-14)13-37-27-33-9-17-18-11-36-12-19(18)21(23(30)24(17)34-27)15-3-4-20(29)25-22(15)16(8-31)26(32)38-25/h3-4,9H,1-2,5-7,10-13,32H2. The number of nitrogens with two attached hydrogens (primary N) is 1. The molecule has 5 heterocycles. The van der Waals surface area contributed by atoms with Crippen LogP contribution in [0.25, 0.3) is 32.1 Å². The summed E-state index contributed by atoms with van der Waals surface area (Å²) in [5, 5.41) is 10.8. The highest BCUT2D eigenvalue weighted by molar-refractivity contribution is 7.23. The van der Waals surface area contributed by atoms with E-state index in [4.69, 9.17) is 15.2 Å². The van der Waals surface area contributed by atoms with Gasteiger partial charge in [0.05, 0.1) is 29.0 Å². The van der Waals surface area contributed by atoms with Crippen LogP contribution in [0.5, 0.6) is 6.01 Å². The maximum absolute atomic E-state index is 16.4. The van der Waals surface area contributed by atoms with E-state index in [1.54, 1.807) is 6.20 Å². The topological polar surface area (TPSA) is 97.3 Å². The van der Waals surface area contributed by atoms with Crippen LogP contribution in [0.2, 0.25) is 0 Å². The first-order chi connectivity index (χ1) is 18.4. The van der Waals surface area contributed by atoms with Crippen molar-refractivity contribution in [2.45, 2.75) is 38.0 Å². The quantitative estimate of drug-likeness (QED) is 0.350. The number of nitriles is 1. The molecule has 192 valence electrons. The average molecular weight is 532 g/mol. The Hall–Kier alpha value is -3.65. The van der Waals surface area contributed by atoms with Crippen molar-refractivity contribution in [3.05, 3.63) is 58.8 Å². The van der Waals surface area contributed by atoms with Crippen LogP contribution < -0.4 is 10.5 Å². The molecule has 0 saturated carbocycles. The van der Waals surface area contributed by atoms with E-state index in [0.717, 1.165) is 49.3 Å². The van der Waals surface area contributed by atoms with E-state index < -0.39 is 11.6 Å². The maximum atomic E-state index is 16.4. The Kier molecular flexibility index (Phi) is 5.20. The molecule has 7 nitrogen and oxygen atoms in total. The molecule has 0 radical (unpaired) electrons. The van der Waals surface area contributed by atoms with E-state index in [1.165, 1.54) is 17.7 Å². The van der Waals surface area contributed by atoms with Gasteiger partial charge in [-0.05, 0) is 48.6 Å². The lowest BCUT2D eigenvalue weighted by Gasteiger charge is -2.30. The molecule has 7 rings (SSSR count). The smallest absolute Gasteiger partial charge is 0.317 e. The predicted octanol–water partition coefficient (Wildman–Crippen LogP) is 5.45. The minimum Gasteiger partial charge on any atom is -0.461 e. The van der Waals surface area contributed by atoms with Crippen molar-refractivity contribution in [1.82, 2.24) is 14.9 Å². The molecule has 2 N–H and O–H groups in total. The van der Waals surface area contributed by atoms with Gasteiger partial charge < -0.3 is 15.2 Å². The summed E-state index contributed by atoms with van der Waals surface area (Å²) in [4.78, 5) is 11.3. The first-order valence-electron chi connectivity index (χ1n) is 12.4. The van der Waals surface area contributed by atoms with Crippen LogP contribution >= 0.6 is 11.3 Å². The van der Waals surface area contributed by atoms with E-state index in [-0.39, 0.29) is 51.1 Å². The van der Waals surface area contributed by atoms with Gasteiger partial charge in [0.1, 0.15) is 29.0 Å². The Bertz CT molecular complexity index is 1730. The molecule has 38 heavy (non-hydrogen) atoms. The zero-order valence-corrected chi connectivity index (χ0v) is 21.3. The summed E-state index contributed by atoms with van der Waals surface area (Å²) >= 11 is 0.980. The number of rotatable bonds is 4. The zero-order valence-electron chi connectivity index (χ0n) is 20.4. The summed E-state index contributed by atoms with van der Waals surface area (Å²) in [6.07, 6.45) is 4.56. The summed E-state index contributed by atoms with van der Waals surface area (Å²) in [6, 6.07) is 4.93. The second-order valence-corrected chi connectivity index (χ2v) is 11.3. The molecule has 3 aliphatic heterocycles. The molecule has 3 aliphatic rings. The third-order valence-corrected chi connectivity index (χ3v) is 9.11. The zero-order chi connectivity index (χ0) is 26.2. The number of nitrogen functional groups attached to an aromatic ring is 1. The lowest BCUT2D eigenvalue weighted by Crippen LogP contribution is -2.43. The third-order valence-electron chi connectivity index (χ3n) is 8.08. The fourth-order valence-corrected chi connectivity index (χ4v) is 7.35. The van der Waals surface area contributed by atoms with Crippen molar-refractivity contribution in [2.24, 2.45) is 0 Å². The number of aromatic nitrogens is 2. The van der Waals surface area contributed by atoms with Crippen molar-refractivity contribution in [3.63, 3.8) is 0 Å². The number of nitrogens with zero attached hydrogens (tertiary/aromatic N) is 4. The van der Waals surface area contributed by atoms with Crippen LogP contribution in [0.15, 0.2) is 30.5 Å². The van der Waals surface area contributed by atoms with Crippen LogP contribution in [-0.4, -0.2) is 40.1 Å². The Balaban J connectivity index is 1.37. The molecule has 0 spiro atoms. The van der Waals surface area contributed by atoms with Crippen molar-refractivity contribution in [2.75, 3.05) is 25.4 Å². The minimum atomic E-state index is -0.590. The summed E-state index contributed by atoms with van der Waals surface area (Å²) in [6.45, 7) is 6.89. The molecular weight excluding hydrogens is 508 g/mol. The van der Waals surface area contributed by atoms with Gasteiger partial charge in [-0.2, -0.15) is 10.2 Å². The minimum absolute atomic E-state index is 0.0988. The number of anilines is 1. The third kappa shape index (κ3) is 3.29. The molecule has 2 saturated heterocycles. The number of hydrogen-bond acceptors (Lipinski definition) is 8. The summed E-state index contributed by atoms with van der Waals surface area (Å²) < 4.78 is 43.2. The number of ether oxygens (including phenoxy) is 2. The number of benzene rings is 2. The fraction of sp³-hybridized carbons (Fsp3) is 0.321. The number of hydrogen-bond donors (Lipinski definition) is 1. The Morgan fingerprint density at radius 3 is 2.97 bits per heavy atom. The van der Waals surface area contributed by atoms with Gasteiger partial charge in [-0.25, -0.2) is 13.8 Å². The van der Waals surface area contributed by atoms with Gasteiger partial charge in [0.2, 0.25) is 0 Å². The first kappa shape index (κ1) is 23.5. The van der Waals surface area contributed by atoms with E-state index in [2.05, 4.69) is 27.5 Å². The molecule has 4 aromatic rings. The average Bonchev–Trinajstić information content (AvgIpc) is 3.66. The van der Waals surface area contributed by atoms with Crippen molar-refractivity contribution < 1.29 is 18.3 Å². The van der Waals surface area contributed by atoms with Crippen LogP contribution in [-0.2, 0) is 18.0 Å². The lowest BCUT2D eigenvalue weighted by atomic mass is 9.91. The molecule has 2 aromatic carbocycles. The molecule has 1 atom stereocenters. The Labute approximate surface area is 221 Å². The normalized spacial score (nSPS) is 20.8. The van der Waals surface area contributed by atoms with Gasteiger partial charge in [0, 0.05) is 29.1 Å². The number of thiophene rings is 1. The second-order valence-electron chi connectivity index (χ2n) is 10.3. The highest BCUT2D eigenvalue weighted by Gasteiger charge is 2.46. The van der Waals surface area contributed by atoms with Crippen molar-refractivity contribution in [3.8, 4) is 23.2 Å². The number of fused-ring (bicyclic) bond motifs is 5. The molecule has 0 aliphatic carbocycles. The van der Waals surface area contributed by atoms with Crippen LogP contribution in [0.1, 0.15) is 36.0 Å². The molecular formula is C28H23F2N5O2S. The number of halogens is 2. The highest BCUT2D eigenvalue weighted by atomic mass is 32.1. The van der Waals surface area contributed by atoms with Gasteiger partial charge in [0.25, 0.3) is 0 Å². The molecule has 0 amide bonds. The van der Waals surface area contributed by atoms with Crippen LogP contribution in [0.3, 0.4) is 0 Å². The van der Waals surface area contributed by atoms with E-state index in [9.17, 15) is 9.65 Å². The summed E-state index contributed by atoms with van der Waals surface area (Å²) in [5.74, 6) is -1.10. The summed E-state index contributed by atoms with van der Waals surface area (Å²) in [7, 11) is 0. The molecule has 0 bridgehead atoms. The van der Waals surface area contributed by atoms with Crippen LogP contribution in [0.4, 0.5) is 13.8 Å². The molecule has 1 unspecified atom stereocenters. The van der Waals surface area contributed by atoms with Gasteiger partial charge >= 0.3 is 6.01 Å². The monoisotopic (exact) mass is 531 g/mol. The van der Waals surface area contributed by atoms with E-state index in [0.29, 0.717) is 28.5 Å². The largest absolute Gasteiger partial charge is 0.461 e. The molecule has 10 heteroatoms. The van der Waals surface area contributed by atoms with Gasteiger partial charge in [-0.3, -0.25) is 4.90 Å². The molecule has 2 aromatic heterocycles. The maximum Gasteiger partial charge on any atom is 0.317 e. The van der Waals surface area contributed by atoms with E-state index in [1.807, 2.05) is 0 Å². The highest BCUT2D eigenvalue weighted by Crippen LogP contribution is 2.46. The fourth-order valence-electron chi connectivity index (χ4n) is 6.40. The molecule has 2 fully saturated rings. The lowest BCUT2D eigenvalue weighted by molar-refractivity contribution is 0.108. The SMILES string of the molecule is C=C1CN2CCCC2(COc2ncc3c4c(c(-c5ccc(F)c6sc(N)c(C#N)c56)c(F)c3n2)COC4)C1. The van der Waals surface area contributed by atoms with E-state index >= 15 is 4.39 Å². The Morgan fingerprint density at radius 1 is 1.29 bits per heavy atom. The van der Waals surface area contributed by atoms with Crippen LogP contribution in [0, 0.1) is 23.0 Å². The van der Waals surface area contributed by atoms with Gasteiger partial charge in [-0.1, -0.05) is 18.2 Å². The van der Waals surface area contributed by atoms with Gasteiger partial charge in [-0.15, -0.1) is 11.3 Å².